The lowest BCUT2D eigenvalue weighted by atomic mass is 10.2. The van der Waals surface area contributed by atoms with Crippen LogP contribution in [-0.4, -0.2) is 17.0 Å². The van der Waals surface area contributed by atoms with Crippen LogP contribution in [0.5, 0.6) is 0 Å². The second-order valence-corrected chi connectivity index (χ2v) is 3.22. The number of carbonyl (C=O) groups is 1. The van der Waals surface area contributed by atoms with E-state index < -0.39 is 0 Å². The van der Waals surface area contributed by atoms with Gasteiger partial charge in [0.15, 0.2) is 0 Å². The van der Waals surface area contributed by atoms with Crippen LogP contribution in [0.1, 0.15) is 20.8 Å². The van der Waals surface area contributed by atoms with Gasteiger partial charge in [0.25, 0.3) is 0 Å². The number of nitrogens with zero attached hydrogens (tertiary/aromatic N) is 1. The molecule has 0 bridgehead atoms. The van der Waals surface area contributed by atoms with Crippen molar-refractivity contribution in [1.29, 1.82) is 0 Å². The molecule has 3 nitrogen and oxygen atoms in total. The molecular weight excluding hydrogens is 152 g/mol. The fourth-order valence-electron chi connectivity index (χ4n) is 1.02. The van der Waals surface area contributed by atoms with E-state index in [1.54, 1.807) is 4.90 Å². The van der Waals surface area contributed by atoms with Gasteiger partial charge in [-0.3, -0.25) is 4.90 Å². The summed E-state index contributed by atoms with van der Waals surface area (Å²) in [5.74, 6) is 0. The van der Waals surface area contributed by atoms with Gasteiger partial charge in [-0.2, -0.15) is 0 Å². The SMILES string of the molecule is C=C1NC(=O)N(C(C)C)C=C1C. The average Bonchev–Trinajstić information content (AvgIpc) is 1.96. The topological polar surface area (TPSA) is 32.3 Å². The van der Waals surface area contributed by atoms with Gasteiger partial charge in [-0.1, -0.05) is 6.58 Å². The highest BCUT2D eigenvalue weighted by Gasteiger charge is 2.20. The number of nitrogens with one attached hydrogen (secondary N) is 1. The van der Waals surface area contributed by atoms with E-state index in [1.807, 2.05) is 27.0 Å². The molecule has 3 heteroatoms. The van der Waals surface area contributed by atoms with E-state index in [0.717, 1.165) is 5.57 Å². The van der Waals surface area contributed by atoms with Crippen LogP contribution in [0.4, 0.5) is 4.79 Å². The third-order valence-electron chi connectivity index (χ3n) is 1.86. The maximum Gasteiger partial charge on any atom is 0.326 e. The minimum Gasteiger partial charge on any atom is -0.308 e. The zero-order chi connectivity index (χ0) is 9.30. The van der Waals surface area contributed by atoms with E-state index in [-0.39, 0.29) is 12.1 Å². The Balaban J connectivity index is 2.90. The Bertz CT molecular complexity index is 253. The highest BCUT2D eigenvalue weighted by Crippen LogP contribution is 2.14. The van der Waals surface area contributed by atoms with Gasteiger partial charge in [0.05, 0.1) is 0 Å². The molecule has 0 fully saturated rings. The Labute approximate surface area is 72.7 Å². The molecule has 1 N–H and O–H groups in total. The molecule has 0 radical (unpaired) electrons. The zero-order valence-corrected chi connectivity index (χ0v) is 7.72. The number of hydrogen-bond donors (Lipinski definition) is 1. The van der Waals surface area contributed by atoms with Crippen molar-refractivity contribution in [2.45, 2.75) is 26.8 Å². The quantitative estimate of drug-likeness (QED) is 0.633. The third-order valence-corrected chi connectivity index (χ3v) is 1.86. The van der Waals surface area contributed by atoms with Crippen LogP contribution in [0.3, 0.4) is 0 Å². The number of rotatable bonds is 1. The smallest absolute Gasteiger partial charge is 0.308 e. The van der Waals surface area contributed by atoms with E-state index in [1.165, 1.54) is 0 Å². The van der Waals surface area contributed by atoms with Gasteiger partial charge in [-0.25, -0.2) is 4.79 Å². The molecule has 0 saturated carbocycles. The maximum atomic E-state index is 11.3. The predicted octanol–water partition coefficient (Wildman–Crippen LogP) is 1.84. The van der Waals surface area contributed by atoms with Crippen LogP contribution in [0.25, 0.3) is 0 Å². The third kappa shape index (κ3) is 1.49. The van der Waals surface area contributed by atoms with E-state index in [4.69, 9.17) is 0 Å². The molecule has 0 saturated heterocycles. The van der Waals surface area contributed by atoms with Gasteiger partial charge < -0.3 is 5.32 Å². The first kappa shape index (κ1) is 8.84. The first-order valence-electron chi connectivity index (χ1n) is 3.99. The summed E-state index contributed by atoms with van der Waals surface area (Å²) >= 11 is 0. The monoisotopic (exact) mass is 166 g/mol. The van der Waals surface area contributed by atoms with E-state index >= 15 is 0 Å². The van der Waals surface area contributed by atoms with Crippen LogP contribution in [0.2, 0.25) is 0 Å². The summed E-state index contributed by atoms with van der Waals surface area (Å²) < 4.78 is 0. The number of carbonyl (C=O) groups excluding carboxylic acids is 1. The van der Waals surface area contributed by atoms with Gasteiger partial charge in [-0.15, -0.1) is 0 Å². The van der Waals surface area contributed by atoms with E-state index in [9.17, 15) is 4.79 Å². The number of urea groups is 1. The molecule has 66 valence electrons. The summed E-state index contributed by atoms with van der Waals surface area (Å²) in [6.07, 6.45) is 1.83. The molecule has 1 aliphatic heterocycles. The van der Waals surface area contributed by atoms with Crippen molar-refractivity contribution in [2.24, 2.45) is 0 Å². The number of amides is 2. The van der Waals surface area contributed by atoms with Crippen molar-refractivity contribution in [3.8, 4) is 0 Å². The largest absolute Gasteiger partial charge is 0.326 e. The molecule has 2 amide bonds. The fraction of sp³-hybridized carbons (Fsp3) is 0.444. The Hall–Kier alpha value is -1.25. The maximum absolute atomic E-state index is 11.3. The van der Waals surface area contributed by atoms with Crippen LogP contribution < -0.4 is 5.32 Å². The van der Waals surface area contributed by atoms with Gasteiger partial charge in [-0.05, 0) is 26.3 Å². The van der Waals surface area contributed by atoms with Crippen LogP contribution in [0, 0.1) is 0 Å². The van der Waals surface area contributed by atoms with Crippen LogP contribution >= 0.6 is 0 Å². The fourth-order valence-corrected chi connectivity index (χ4v) is 1.02. The van der Waals surface area contributed by atoms with Gasteiger partial charge in [0.1, 0.15) is 0 Å². The first-order chi connectivity index (χ1) is 5.52. The highest BCUT2D eigenvalue weighted by atomic mass is 16.2. The van der Waals surface area contributed by atoms with Crippen molar-refractivity contribution < 1.29 is 4.79 Å². The molecule has 0 atom stereocenters. The lowest BCUT2D eigenvalue weighted by Gasteiger charge is -2.28. The lowest BCUT2D eigenvalue weighted by molar-refractivity contribution is 0.206. The molecule has 0 aromatic heterocycles. The standard InChI is InChI=1S/C9H14N2O/c1-6(2)11-5-7(3)8(4)10-9(11)12/h5-6H,4H2,1-3H3,(H,10,12). The average molecular weight is 166 g/mol. The summed E-state index contributed by atoms with van der Waals surface area (Å²) in [6.45, 7) is 9.58. The predicted molar refractivity (Wildman–Crippen MR) is 48.4 cm³/mol. The molecule has 1 rings (SSSR count). The van der Waals surface area contributed by atoms with Crippen LogP contribution in [-0.2, 0) is 0 Å². The van der Waals surface area contributed by atoms with Gasteiger partial charge >= 0.3 is 6.03 Å². The highest BCUT2D eigenvalue weighted by molar-refractivity contribution is 5.80. The van der Waals surface area contributed by atoms with Crippen molar-refractivity contribution in [3.63, 3.8) is 0 Å². The number of allylic oxidation sites excluding steroid dienone is 1. The van der Waals surface area contributed by atoms with Crippen molar-refractivity contribution in [3.05, 3.63) is 24.0 Å². The van der Waals surface area contributed by atoms with Gasteiger partial charge in [0.2, 0.25) is 0 Å². The van der Waals surface area contributed by atoms with Crippen molar-refractivity contribution in [2.75, 3.05) is 0 Å². The van der Waals surface area contributed by atoms with E-state index in [2.05, 4.69) is 11.9 Å². The molecule has 1 aliphatic rings. The summed E-state index contributed by atoms with van der Waals surface area (Å²) in [7, 11) is 0. The Kier molecular flexibility index (Phi) is 2.22. The molecule has 12 heavy (non-hydrogen) atoms. The summed E-state index contributed by atoms with van der Waals surface area (Å²) in [6, 6.07) is 0.0913. The molecule has 0 aromatic carbocycles. The zero-order valence-electron chi connectivity index (χ0n) is 7.72. The van der Waals surface area contributed by atoms with Crippen molar-refractivity contribution in [1.82, 2.24) is 10.2 Å². The molecular formula is C9H14N2O. The van der Waals surface area contributed by atoms with Gasteiger partial charge in [0, 0.05) is 17.9 Å². The summed E-state index contributed by atoms with van der Waals surface area (Å²) in [4.78, 5) is 13.0. The Morgan fingerprint density at radius 1 is 1.58 bits per heavy atom. The van der Waals surface area contributed by atoms with Crippen molar-refractivity contribution >= 4 is 6.03 Å². The second-order valence-electron chi connectivity index (χ2n) is 3.22. The number of hydrogen-bond acceptors (Lipinski definition) is 1. The molecule has 0 aliphatic carbocycles. The Morgan fingerprint density at radius 2 is 2.17 bits per heavy atom. The molecule has 1 heterocycles. The second kappa shape index (κ2) is 3.01. The minimum absolute atomic E-state index is 0.0967. The molecule has 0 aromatic rings. The van der Waals surface area contributed by atoms with E-state index in [0.29, 0.717) is 5.70 Å². The molecule has 0 unspecified atom stereocenters. The lowest BCUT2D eigenvalue weighted by Crippen LogP contribution is -2.43. The first-order valence-corrected chi connectivity index (χ1v) is 3.99. The molecule has 0 spiro atoms. The summed E-state index contributed by atoms with van der Waals surface area (Å²) in [5, 5.41) is 2.68. The normalized spacial score (nSPS) is 18.0. The Morgan fingerprint density at radius 3 is 2.67 bits per heavy atom. The minimum atomic E-state index is -0.0967. The summed E-state index contributed by atoms with van der Waals surface area (Å²) in [5.41, 5.74) is 1.69. The van der Waals surface area contributed by atoms with Crippen LogP contribution in [0.15, 0.2) is 24.0 Å².